The van der Waals surface area contributed by atoms with E-state index < -0.39 is 33.1 Å². The van der Waals surface area contributed by atoms with Gasteiger partial charge in [-0.15, -0.1) is 0 Å². The minimum Gasteiger partial charge on any atom is -0.351 e. The molecule has 24 heavy (non-hydrogen) atoms. The van der Waals surface area contributed by atoms with Crippen LogP contribution in [0.3, 0.4) is 0 Å². The number of rotatable bonds is 4. The highest BCUT2D eigenvalue weighted by Crippen LogP contribution is 2.47. The fourth-order valence-corrected chi connectivity index (χ4v) is 4.93. The van der Waals surface area contributed by atoms with E-state index in [0.717, 1.165) is 0 Å². The Morgan fingerprint density at radius 3 is 2.25 bits per heavy atom. The van der Waals surface area contributed by atoms with E-state index in [1.165, 1.54) is 0 Å². The fraction of sp³-hybridized carbons (Fsp3) is 0.467. The van der Waals surface area contributed by atoms with Gasteiger partial charge < -0.3 is 10.6 Å². The van der Waals surface area contributed by atoms with Crippen molar-refractivity contribution in [3.8, 4) is 0 Å². The third kappa shape index (κ3) is 3.38. The van der Waals surface area contributed by atoms with Gasteiger partial charge >= 0.3 is 0 Å². The first-order valence-electron chi connectivity index (χ1n) is 7.50. The molecule has 0 aromatic heterocycles. The Morgan fingerprint density at radius 1 is 1.12 bits per heavy atom. The molecule has 2 fully saturated rings. The van der Waals surface area contributed by atoms with Crippen LogP contribution in [0.15, 0.2) is 18.2 Å². The molecule has 9 heteroatoms. The third-order valence-corrected chi connectivity index (χ3v) is 6.79. The van der Waals surface area contributed by atoms with Crippen molar-refractivity contribution >= 4 is 50.5 Å². The molecule has 0 spiro atoms. The zero-order chi connectivity index (χ0) is 17.5. The Kier molecular flexibility index (Phi) is 4.53. The van der Waals surface area contributed by atoms with Crippen LogP contribution in [0.25, 0.3) is 0 Å². The number of hydrogen-bond donors (Lipinski definition) is 2. The summed E-state index contributed by atoms with van der Waals surface area (Å²) in [5.41, 5.74) is -0.900. The molecule has 1 aliphatic carbocycles. The van der Waals surface area contributed by atoms with Gasteiger partial charge in [-0.05, 0) is 31.4 Å². The zero-order valence-corrected chi connectivity index (χ0v) is 15.0. The van der Waals surface area contributed by atoms with Gasteiger partial charge in [0.15, 0.2) is 9.84 Å². The maximum atomic E-state index is 12.5. The van der Waals surface area contributed by atoms with E-state index in [1.54, 1.807) is 18.2 Å². The molecule has 1 aliphatic heterocycles. The summed E-state index contributed by atoms with van der Waals surface area (Å²) in [6.07, 6.45) is 1.19. The predicted molar refractivity (Wildman–Crippen MR) is 92.0 cm³/mol. The van der Waals surface area contributed by atoms with Gasteiger partial charge in [-0.3, -0.25) is 9.59 Å². The second kappa shape index (κ2) is 6.20. The number of sulfone groups is 1. The van der Waals surface area contributed by atoms with Crippen LogP contribution in [-0.2, 0) is 19.4 Å². The van der Waals surface area contributed by atoms with E-state index in [1.807, 2.05) is 0 Å². The molecule has 2 aliphatic rings. The van der Waals surface area contributed by atoms with Crippen LogP contribution >= 0.6 is 23.2 Å². The average Bonchev–Trinajstić information content (AvgIpc) is 3.24. The van der Waals surface area contributed by atoms with Crippen LogP contribution in [0, 0.1) is 5.41 Å². The molecule has 2 N–H and O–H groups in total. The number of amides is 2. The summed E-state index contributed by atoms with van der Waals surface area (Å²) in [5.74, 6) is -0.930. The van der Waals surface area contributed by atoms with Crippen LogP contribution < -0.4 is 10.6 Å². The summed E-state index contributed by atoms with van der Waals surface area (Å²) in [6, 6.07) is 4.40. The van der Waals surface area contributed by atoms with E-state index in [9.17, 15) is 18.0 Å². The number of benzene rings is 1. The standard InChI is InChI=1S/C15H16Cl2N2O4S/c16-10-2-1-3-11(17)12(10)19-14(21)15(5-6-15)13(20)18-9-4-7-24(22,23)8-9/h1-3,9H,4-8H2,(H,18,20)(H,19,21). The molecule has 1 unspecified atom stereocenters. The lowest BCUT2D eigenvalue weighted by Crippen LogP contribution is -2.45. The van der Waals surface area contributed by atoms with Gasteiger partial charge in [0.25, 0.3) is 0 Å². The van der Waals surface area contributed by atoms with Gasteiger partial charge in [-0.2, -0.15) is 0 Å². The van der Waals surface area contributed by atoms with Crippen LogP contribution in [0.2, 0.25) is 10.0 Å². The lowest BCUT2D eigenvalue weighted by atomic mass is 10.0. The number of carbonyl (C=O) groups is 2. The highest BCUT2D eigenvalue weighted by atomic mass is 35.5. The molecule has 2 amide bonds. The first-order chi connectivity index (χ1) is 11.2. The summed E-state index contributed by atoms with van der Waals surface area (Å²) >= 11 is 12.1. The van der Waals surface area contributed by atoms with E-state index in [0.29, 0.717) is 19.3 Å². The summed E-state index contributed by atoms with van der Waals surface area (Å²) in [6.45, 7) is 0. The number of halogens is 2. The van der Waals surface area contributed by atoms with E-state index in [4.69, 9.17) is 23.2 Å². The Hall–Kier alpha value is -1.31. The molecule has 1 atom stereocenters. The van der Waals surface area contributed by atoms with E-state index >= 15 is 0 Å². The molecular formula is C15H16Cl2N2O4S. The molecule has 1 saturated carbocycles. The van der Waals surface area contributed by atoms with Crippen molar-refractivity contribution in [2.75, 3.05) is 16.8 Å². The van der Waals surface area contributed by atoms with Gasteiger partial charge in [0.1, 0.15) is 5.41 Å². The SMILES string of the molecule is O=C(Nc1c(Cl)cccc1Cl)C1(C(=O)NC2CCS(=O)(=O)C2)CC1. The first-order valence-corrected chi connectivity index (χ1v) is 10.1. The van der Waals surface area contributed by atoms with Crippen molar-refractivity contribution in [1.29, 1.82) is 0 Å². The first kappa shape index (κ1) is 17.5. The average molecular weight is 391 g/mol. The topological polar surface area (TPSA) is 92.3 Å². The van der Waals surface area contributed by atoms with Crippen molar-refractivity contribution in [2.45, 2.75) is 25.3 Å². The van der Waals surface area contributed by atoms with Gasteiger partial charge in [-0.1, -0.05) is 29.3 Å². The van der Waals surface area contributed by atoms with Crippen molar-refractivity contribution in [1.82, 2.24) is 5.32 Å². The zero-order valence-electron chi connectivity index (χ0n) is 12.6. The van der Waals surface area contributed by atoms with Crippen molar-refractivity contribution < 1.29 is 18.0 Å². The Labute approximate surface area is 149 Å². The Bertz CT molecular complexity index is 785. The van der Waals surface area contributed by atoms with Crippen molar-refractivity contribution in [2.24, 2.45) is 5.41 Å². The maximum absolute atomic E-state index is 12.5. The summed E-state index contributed by atoms with van der Waals surface area (Å²) in [4.78, 5) is 25.0. The number of hydrogen-bond acceptors (Lipinski definition) is 4. The summed E-state index contributed by atoms with van der Waals surface area (Å²) in [5, 5.41) is 5.88. The minimum absolute atomic E-state index is 0.0619. The molecule has 1 saturated heterocycles. The Balaban J connectivity index is 1.69. The largest absolute Gasteiger partial charge is 0.351 e. The van der Waals surface area contributed by atoms with Gasteiger partial charge in [0.05, 0.1) is 27.2 Å². The molecule has 0 radical (unpaired) electrons. The lowest BCUT2D eigenvalue weighted by molar-refractivity contribution is -0.134. The number of nitrogens with one attached hydrogen (secondary N) is 2. The summed E-state index contributed by atoms with van der Waals surface area (Å²) in [7, 11) is -3.10. The number of anilines is 1. The number of carbonyl (C=O) groups excluding carboxylic acids is 2. The number of para-hydroxylation sites is 1. The lowest BCUT2D eigenvalue weighted by Gasteiger charge is -2.19. The molecule has 0 bridgehead atoms. The summed E-state index contributed by atoms with van der Waals surface area (Å²) < 4.78 is 23.0. The van der Waals surface area contributed by atoms with Gasteiger partial charge in [0.2, 0.25) is 11.8 Å². The maximum Gasteiger partial charge on any atom is 0.240 e. The normalized spacial score (nSPS) is 23.5. The molecule has 3 rings (SSSR count). The quantitative estimate of drug-likeness (QED) is 0.769. The molecular weight excluding hydrogens is 375 g/mol. The van der Waals surface area contributed by atoms with Gasteiger partial charge in [0, 0.05) is 6.04 Å². The van der Waals surface area contributed by atoms with Crippen LogP contribution in [0.5, 0.6) is 0 Å². The molecule has 130 valence electrons. The van der Waals surface area contributed by atoms with Crippen LogP contribution in [0.1, 0.15) is 19.3 Å². The van der Waals surface area contributed by atoms with Crippen molar-refractivity contribution in [3.63, 3.8) is 0 Å². The Morgan fingerprint density at radius 2 is 1.75 bits per heavy atom. The fourth-order valence-electron chi connectivity index (χ4n) is 2.77. The van der Waals surface area contributed by atoms with Crippen LogP contribution in [0.4, 0.5) is 5.69 Å². The molecule has 1 aromatic carbocycles. The highest BCUT2D eigenvalue weighted by molar-refractivity contribution is 7.91. The predicted octanol–water partition coefficient (Wildman–Crippen LogP) is 2.02. The van der Waals surface area contributed by atoms with Crippen LogP contribution in [-0.4, -0.2) is 37.8 Å². The highest BCUT2D eigenvalue weighted by Gasteiger charge is 2.57. The molecule has 1 aromatic rings. The van der Waals surface area contributed by atoms with E-state index in [-0.39, 0.29) is 27.2 Å². The second-order valence-electron chi connectivity index (χ2n) is 6.21. The minimum atomic E-state index is -3.10. The third-order valence-electron chi connectivity index (χ3n) is 4.39. The molecule has 1 heterocycles. The van der Waals surface area contributed by atoms with Crippen molar-refractivity contribution in [3.05, 3.63) is 28.2 Å². The monoisotopic (exact) mass is 390 g/mol. The second-order valence-corrected chi connectivity index (χ2v) is 9.25. The smallest absolute Gasteiger partial charge is 0.240 e. The van der Waals surface area contributed by atoms with E-state index in [2.05, 4.69) is 10.6 Å². The molecule has 6 nitrogen and oxygen atoms in total. The van der Waals surface area contributed by atoms with Gasteiger partial charge in [-0.25, -0.2) is 8.42 Å².